The van der Waals surface area contributed by atoms with Crippen molar-refractivity contribution in [2.75, 3.05) is 0 Å². The zero-order chi connectivity index (χ0) is 9.47. The molecule has 2 fully saturated rings. The van der Waals surface area contributed by atoms with Crippen molar-refractivity contribution in [1.82, 2.24) is 5.32 Å². The van der Waals surface area contributed by atoms with Crippen molar-refractivity contribution in [2.45, 2.75) is 31.2 Å². The van der Waals surface area contributed by atoms with Gasteiger partial charge in [-0.3, -0.25) is 9.59 Å². The van der Waals surface area contributed by atoms with Crippen molar-refractivity contribution in [1.29, 1.82) is 0 Å². The molecule has 0 saturated heterocycles. The van der Waals surface area contributed by atoms with Crippen molar-refractivity contribution in [2.24, 2.45) is 11.8 Å². The number of fused-ring (bicyclic) bond motifs is 1. The molecule has 1 amide bonds. The SMILES string of the molecule is O=CNC1(CC(=O)O)CC[C@H]2C[C@H]21. The lowest BCUT2D eigenvalue weighted by atomic mass is 9.89. The van der Waals surface area contributed by atoms with Crippen molar-refractivity contribution in [3.8, 4) is 0 Å². The Bertz CT molecular complexity index is 253. The van der Waals surface area contributed by atoms with E-state index in [4.69, 9.17) is 5.11 Å². The summed E-state index contributed by atoms with van der Waals surface area (Å²) in [5.41, 5.74) is -0.418. The van der Waals surface area contributed by atoms with Gasteiger partial charge in [0.2, 0.25) is 6.41 Å². The molecule has 0 aromatic heterocycles. The molecule has 3 atom stereocenters. The number of aliphatic carboxylic acids is 1. The largest absolute Gasteiger partial charge is 0.481 e. The van der Waals surface area contributed by atoms with Crippen LogP contribution in [-0.2, 0) is 9.59 Å². The lowest BCUT2D eigenvalue weighted by molar-refractivity contribution is -0.139. The predicted molar refractivity (Wildman–Crippen MR) is 45.0 cm³/mol. The quantitative estimate of drug-likeness (QED) is 0.619. The Morgan fingerprint density at radius 2 is 2.46 bits per heavy atom. The summed E-state index contributed by atoms with van der Waals surface area (Å²) in [5, 5.41) is 11.5. The molecule has 0 aliphatic heterocycles. The Morgan fingerprint density at radius 3 is 2.85 bits per heavy atom. The summed E-state index contributed by atoms with van der Waals surface area (Å²) in [6, 6.07) is 0. The highest BCUT2D eigenvalue weighted by Gasteiger charge is 2.58. The van der Waals surface area contributed by atoms with Gasteiger partial charge in [-0.1, -0.05) is 0 Å². The van der Waals surface area contributed by atoms with Crippen LogP contribution in [0.25, 0.3) is 0 Å². The number of rotatable bonds is 4. The van der Waals surface area contributed by atoms with Gasteiger partial charge in [0.05, 0.1) is 12.0 Å². The van der Waals surface area contributed by atoms with Gasteiger partial charge in [-0.15, -0.1) is 0 Å². The number of hydrogen-bond acceptors (Lipinski definition) is 2. The molecule has 2 saturated carbocycles. The van der Waals surface area contributed by atoms with E-state index in [2.05, 4.69) is 5.32 Å². The van der Waals surface area contributed by atoms with Crippen LogP contribution in [-0.4, -0.2) is 23.0 Å². The molecule has 0 bridgehead atoms. The number of carbonyl (C=O) groups excluding carboxylic acids is 1. The van der Waals surface area contributed by atoms with Crippen LogP contribution in [0.1, 0.15) is 25.7 Å². The van der Waals surface area contributed by atoms with Crippen molar-refractivity contribution in [3.63, 3.8) is 0 Å². The third-order valence-electron chi connectivity index (χ3n) is 3.41. The van der Waals surface area contributed by atoms with E-state index < -0.39 is 11.5 Å². The molecule has 0 radical (unpaired) electrons. The number of nitrogens with one attached hydrogen (secondary N) is 1. The average molecular weight is 183 g/mol. The van der Waals surface area contributed by atoms with Crippen LogP contribution in [0.15, 0.2) is 0 Å². The smallest absolute Gasteiger partial charge is 0.305 e. The Kier molecular flexibility index (Phi) is 1.78. The highest BCUT2D eigenvalue weighted by atomic mass is 16.4. The monoisotopic (exact) mass is 183 g/mol. The third kappa shape index (κ3) is 1.30. The first-order valence-electron chi connectivity index (χ1n) is 4.61. The van der Waals surface area contributed by atoms with E-state index >= 15 is 0 Å². The summed E-state index contributed by atoms with van der Waals surface area (Å²) in [6.07, 6.45) is 3.71. The van der Waals surface area contributed by atoms with Crippen LogP contribution >= 0.6 is 0 Å². The fraction of sp³-hybridized carbons (Fsp3) is 0.778. The van der Waals surface area contributed by atoms with Crippen LogP contribution in [0.5, 0.6) is 0 Å². The Hall–Kier alpha value is -1.06. The number of carboxylic acid groups (broad SMARTS) is 1. The van der Waals surface area contributed by atoms with E-state index in [1.165, 1.54) is 0 Å². The molecule has 72 valence electrons. The second-order valence-electron chi connectivity index (χ2n) is 4.13. The van der Waals surface area contributed by atoms with Crippen molar-refractivity contribution < 1.29 is 14.7 Å². The summed E-state index contributed by atoms with van der Waals surface area (Å²) < 4.78 is 0. The minimum atomic E-state index is -0.818. The van der Waals surface area contributed by atoms with Gasteiger partial charge in [-0.25, -0.2) is 0 Å². The highest BCUT2D eigenvalue weighted by molar-refractivity contribution is 5.69. The standard InChI is InChI=1S/C9H13NO3/c11-5-10-9(4-8(12)13)2-1-6-3-7(6)9/h5-7H,1-4H2,(H,10,11)(H,12,13)/t6-,7+,9?/m0/s1. The first-order valence-corrected chi connectivity index (χ1v) is 4.61. The van der Waals surface area contributed by atoms with E-state index in [1.54, 1.807) is 0 Å². The minimum Gasteiger partial charge on any atom is -0.481 e. The highest BCUT2D eigenvalue weighted by Crippen LogP contribution is 2.58. The molecule has 2 rings (SSSR count). The second kappa shape index (κ2) is 2.72. The second-order valence-corrected chi connectivity index (χ2v) is 4.13. The summed E-state index contributed by atoms with van der Waals surface area (Å²) in [5.74, 6) is 0.280. The first-order chi connectivity index (χ1) is 6.18. The van der Waals surface area contributed by atoms with Crippen molar-refractivity contribution in [3.05, 3.63) is 0 Å². The summed E-state index contributed by atoms with van der Waals surface area (Å²) in [7, 11) is 0. The van der Waals surface area contributed by atoms with Gasteiger partial charge in [0.15, 0.2) is 0 Å². The number of carbonyl (C=O) groups is 2. The van der Waals surface area contributed by atoms with Gasteiger partial charge in [0.1, 0.15) is 0 Å². The number of hydrogen-bond donors (Lipinski definition) is 2. The fourth-order valence-corrected chi connectivity index (χ4v) is 2.71. The number of amides is 1. The maximum Gasteiger partial charge on any atom is 0.305 e. The van der Waals surface area contributed by atoms with Gasteiger partial charge in [-0.05, 0) is 31.1 Å². The maximum absolute atomic E-state index is 10.6. The van der Waals surface area contributed by atoms with E-state index in [9.17, 15) is 9.59 Å². The minimum absolute atomic E-state index is 0.0763. The summed E-state index contributed by atoms with van der Waals surface area (Å²) >= 11 is 0. The van der Waals surface area contributed by atoms with Crippen molar-refractivity contribution >= 4 is 12.4 Å². The molecule has 13 heavy (non-hydrogen) atoms. The van der Waals surface area contributed by atoms with Gasteiger partial charge in [0.25, 0.3) is 0 Å². The van der Waals surface area contributed by atoms with Crippen LogP contribution in [0.4, 0.5) is 0 Å². The molecule has 1 unspecified atom stereocenters. The molecule has 0 aromatic carbocycles. The number of carboxylic acids is 1. The molecule has 2 N–H and O–H groups in total. The third-order valence-corrected chi connectivity index (χ3v) is 3.41. The van der Waals surface area contributed by atoms with Crippen LogP contribution < -0.4 is 5.32 Å². The summed E-state index contributed by atoms with van der Waals surface area (Å²) in [4.78, 5) is 21.1. The predicted octanol–water partition coefficient (Wildman–Crippen LogP) is 0.376. The van der Waals surface area contributed by atoms with E-state index in [-0.39, 0.29) is 6.42 Å². The van der Waals surface area contributed by atoms with E-state index in [0.29, 0.717) is 18.2 Å². The molecule has 0 aromatic rings. The lowest BCUT2D eigenvalue weighted by Gasteiger charge is -2.28. The topological polar surface area (TPSA) is 66.4 Å². The Morgan fingerprint density at radius 1 is 1.69 bits per heavy atom. The van der Waals surface area contributed by atoms with Gasteiger partial charge in [0, 0.05) is 0 Å². The van der Waals surface area contributed by atoms with Gasteiger partial charge < -0.3 is 10.4 Å². The molecule has 4 nitrogen and oxygen atoms in total. The summed E-state index contributed by atoms with van der Waals surface area (Å²) in [6.45, 7) is 0. The van der Waals surface area contributed by atoms with E-state index in [1.807, 2.05) is 0 Å². The molecular formula is C9H13NO3. The van der Waals surface area contributed by atoms with Crippen LogP contribution in [0.2, 0.25) is 0 Å². The maximum atomic E-state index is 10.6. The molecular weight excluding hydrogens is 170 g/mol. The molecule has 0 heterocycles. The van der Waals surface area contributed by atoms with Gasteiger partial charge >= 0.3 is 5.97 Å². The average Bonchev–Trinajstić information content (AvgIpc) is 2.73. The molecule has 0 spiro atoms. The van der Waals surface area contributed by atoms with Crippen LogP contribution in [0.3, 0.4) is 0 Å². The zero-order valence-corrected chi connectivity index (χ0v) is 7.32. The molecule has 2 aliphatic carbocycles. The Balaban J connectivity index is 2.10. The fourth-order valence-electron chi connectivity index (χ4n) is 2.71. The van der Waals surface area contributed by atoms with Crippen LogP contribution in [0, 0.1) is 11.8 Å². The van der Waals surface area contributed by atoms with Gasteiger partial charge in [-0.2, -0.15) is 0 Å². The normalized spacial score (nSPS) is 40.9. The van der Waals surface area contributed by atoms with E-state index in [0.717, 1.165) is 19.3 Å². The molecule has 2 aliphatic rings. The zero-order valence-electron chi connectivity index (χ0n) is 7.32. The lowest BCUT2D eigenvalue weighted by Crippen LogP contribution is -2.46. The first kappa shape index (κ1) is 8.53. The Labute approximate surface area is 76.3 Å². The molecule has 4 heteroatoms.